The molecule has 5 heteroatoms. The molecule has 3 N–H and O–H groups in total. The topological polar surface area (TPSA) is 57.4 Å². The monoisotopic (exact) mass is 249 g/mol. The molecular formula is C13H23N5. The van der Waals surface area contributed by atoms with Gasteiger partial charge in [0.25, 0.3) is 0 Å². The standard InChI is InChI=1S/C13H23N5/c1-10-7-18(9-13(10)17(2)3)8-12-6-11(16-14)4-5-15-12/h4-6,10,13H,7-9,14H2,1-3H3,(H,15,16). The Kier molecular flexibility index (Phi) is 4.16. The number of nitrogens with zero attached hydrogens (tertiary/aromatic N) is 3. The van der Waals surface area contributed by atoms with Gasteiger partial charge in [-0.25, -0.2) is 0 Å². The van der Waals surface area contributed by atoms with Crippen LogP contribution >= 0.6 is 0 Å². The highest BCUT2D eigenvalue weighted by Gasteiger charge is 2.30. The van der Waals surface area contributed by atoms with Crippen molar-refractivity contribution in [2.45, 2.75) is 19.5 Å². The third kappa shape index (κ3) is 2.98. The minimum absolute atomic E-state index is 0.640. The van der Waals surface area contributed by atoms with Crippen LogP contribution in [-0.2, 0) is 6.54 Å². The molecule has 2 atom stereocenters. The average molecular weight is 249 g/mol. The van der Waals surface area contributed by atoms with Gasteiger partial charge in [0.1, 0.15) is 0 Å². The van der Waals surface area contributed by atoms with Crippen molar-refractivity contribution in [2.75, 3.05) is 32.6 Å². The molecule has 0 saturated carbocycles. The van der Waals surface area contributed by atoms with Gasteiger partial charge in [-0.3, -0.25) is 15.7 Å². The first-order valence-corrected chi connectivity index (χ1v) is 6.40. The third-order valence-electron chi connectivity index (χ3n) is 3.68. The zero-order chi connectivity index (χ0) is 13.1. The summed E-state index contributed by atoms with van der Waals surface area (Å²) >= 11 is 0. The van der Waals surface area contributed by atoms with E-state index in [1.165, 1.54) is 0 Å². The van der Waals surface area contributed by atoms with E-state index in [0.29, 0.717) is 12.0 Å². The highest BCUT2D eigenvalue weighted by Crippen LogP contribution is 2.21. The van der Waals surface area contributed by atoms with Crippen molar-refractivity contribution in [1.29, 1.82) is 0 Å². The summed E-state index contributed by atoms with van der Waals surface area (Å²) in [4.78, 5) is 9.17. The Hall–Kier alpha value is -1.17. The molecule has 5 nitrogen and oxygen atoms in total. The summed E-state index contributed by atoms with van der Waals surface area (Å²) in [7, 11) is 4.31. The number of anilines is 1. The fourth-order valence-electron chi connectivity index (χ4n) is 2.73. The molecule has 0 aromatic carbocycles. The van der Waals surface area contributed by atoms with Crippen LogP contribution in [-0.4, -0.2) is 48.0 Å². The molecule has 0 radical (unpaired) electrons. The highest BCUT2D eigenvalue weighted by atomic mass is 15.2. The van der Waals surface area contributed by atoms with Gasteiger partial charge in [-0.1, -0.05) is 6.92 Å². The predicted molar refractivity (Wildman–Crippen MR) is 74.0 cm³/mol. The number of hydrogen-bond acceptors (Lipinski definition) is 5. The molecule has 1 aromatic heterocycles. The quantitative estimate of drug-likeness (QED) is 0.609. The number of hydrogen-bond donors (Lipinski definition) is 2. The van der Waals surface area contributed by atoms with Crippen LogP contribution in [0.3, 0.4) is 0 Å². The van der Waals surface area contributed by atoms with E-state index in [4.69, 9.17) is 5.84 Å². The number of nitrogens with one attached hydrogen (secondary N) is 1. The summed E-state index contributed by atoms with van der Waals surface area (Å²) in [6.07, 6.45) is 1.80. The third-order valence-corrected chi connectivity index (χ3v) is 3.68. The Morgan fingerprint density at radius 2 is 2.28 bits per heavy atom. The first-order valence-electron chi connectivity index (χ1n) is 6.40. The molecule has 0 aliphatic carbocycles. The van der Waals surface area contributed by atoms with Crippen LogP contribution < -0.4 is 11.3 Å². The first kappa shape index (κ1) is 13.3. The Balaban J connectivity index is 1.98. The highest BCUT2D eigenvalue weighted by molar-refractivity contribution is 5.41. The van der Waals surface area contributed by atoms with Gasteiger partial charge in [0, 0.05) is 31.9 Å². The SMILES string of the molecule is CC1CN(Cc2cc(NN)ccn2)CC1N(C)C. The lowest BCUT2D eigenvalue weighted by atomic mass is 10.1. The molecule has 1 saturated heterocycles. The lowest BCUT2D eigenvalue weighted by molar-refractivity contribution is 0.249. The minimum atomic E-state index is 0.640. The van der Waals surface area contributed by atoms with E-state index in [-0.39, 0.29) is 0 Å². The fraction of sp³-hybridized carbons (Fsp3) is 0.615. The molecule has 2 heterocycles. The van der Waals surface area contributed by atoms with Crippen molar-refractivity contribution in [3.8, 4) is 0 Å². The Labute approximate surface area is 109 Å². The second-order valence-electron chi connectivity index (χ2n) is 5.38. The summed E-state index contributed by atoms with van der Waals surface area (Å²) in [5, 5.41) is 0. The van der Waals surface area contributed by atoms with Crippen molar-refractivity contribution in [3.63, 3.8) is 0 Å². The van der Waals surface area contributed by atoms with Crippen molar-refractivity contribution in [2.24, 2.45) is 11.8 Å². The maximum atomic E-state index is 5.41. The lowest BCUT2D eigenvalue weighted by Gasteiger charge is -2.22. The number of likely N-dealkylation sites (tertiary alicyclic amines) is 1. The van der Waals surface area contributed by atoms with E-state index in [9.17, 15) is 0 Å². The van der Waals surface area contributed by atoms with Gasteiger partial charge in [-0.05, 0) is 32.1 Å². The van der Waals surface area contributed by atoms with Crippen LogP contribution in [0.15, 0.2) is 18.3 Å². The van der Waals surface area contributed by atoms with Gasteiger partial charge in [-0.15, -0.1) is 0 Å². The predicted octanol–water partition coefficient (Wildman–Crippen LogP) is 0.749. The minimum Gasteiger partial charge on any atom is -0.324 e. The van der Waals surface area contributed by atoms with Gasteiger partial charge < -0.3 is 10.3 Å². The molecule has 0 spiro atoms. The number of pyridine rings is 1. The lowest BCUT2D eigenvalue weighted by Crippen LogP contribution is -2.34. The Morgan fingerprint density at radius 1 is 1.50 bits per heavy atom. The van der Waals surface area contributed by atoms with Gasteiger partial charge in [0.05, 0.1) is 11.4 Å². The Bertz CT molecular complexity index is 393. The van der Waals surface area contributed by atoms with Crippen LogP contribution in [0.1, 0.15) is 12.6 Å². The van der Waals surface area contributed by atoms with Gasteiger partial charge in [0.2, 0.25) is 0 Å². The summed E-state index contributed by atoms with van der Waals surface area (Å²) in [5.74, 6) is 6.12. The number of likely N-dealkylation sites (N-methyl/N-ethyl adjacent to an activating group) is 1. The fourth-order valence-corrected chi connectivity index (χ4v) is 2.73. The number of nitrogens with two attached hydrogens (primary N) is 1. The molecule has 1 aromatic rings. The second kappa shape index (κ2) is 5.65. The molecule has 0 bridgehead atoms. The molecule has 2 rings (SSSR count). The number of nitrogen functional groups attached to an aromatic ring is 1. The largest absolute Gasteiger partial charge is 0.324 e. The van der Waals surface area contributed by atoms with E-state index in [2.05, 4.69) is 41.2 Å². The molecule has 1 fully saturated rings. The smallest absolute Gasteiger partial charge is 0.0564 e. The van der Waals surface area contributed by atoms with Crippen LogP contribution in [0.4, 0.5) is 5.69 Å². The van der Waals surface area contributed by atoms with E-state index >= 15 is 0 Å². The Morgan fingerprint density at radius 3 is 2.89 bits per heavy atom. The van der Waals surface area contributed by atoms with E-state index in [1.807, 2.05) is 12.1 Å². The molecule has 1 aliphatic rings. The van der Waals surface area contributed by atoms with Crippen LogP contribution in [0.25, 0.3) is 0 Å². The second-order valence-corrected chi connectivity index (χ2v) is 5.38. The number of aromatic nitrogens is 1. The molecule has 1 aliphatic heterocycles. The van der Waals surface area contributed by atoms with Gasteiger partial charge >= 0.3 is 0 Å². The zero-order valence-electron chi connectivity index (χ0n) is 11.4. The summed E-state index contributed by atoms with van der Waals surface area (Å²) in [5.41, 5.74) is 4.64. The van der Waals surface area contributed by atoms with E-state index in [1.54, 1.807) is 6.20 Å². The molecule has 100 valence electrons. The molecule has 0 amide bonds. The maximum absolute atomic E-state index is 5.41. The summed E-state index contributed by atoms with van der Waals surface area (Å²) in [6.45, 7) is 5.45. The van der Waals surface area contributed by atoms with E-state index < -0.39 is 0 Å². The van der Waals surface area contributed by atoms with Crippen LogP contribution in [0.5, 0.6) is 0 Å². The van der Waals surface area contributed by atoms with Crippen LogP contribution in [0, 0.1) is 5.92 Å². The van der Waals surface area contributed by atoms with Crippen molar-refractivity contribution < 1.29 is 0 Å². The normalized spacial score (nSPS) is 24.7. The summed E-state index contributed by atoms with van der Waals surface area (Å²) in [6, 6.07) is 4.52. The van der Waals surface area contributed by atoms with Gasteiger partial charge in [0.15, 0.2) is 0 Å². The van der Waals surface area contributed by atoms with Crippen molar-refractivity contribution in [3.05, 3.63) is 24.0 Å². The van der Waals surface area contributed by atoms with Gasteiger partial charge in [-0.2, -0.15) is 0 Å². The van der Waals surface area contributed by atoms with Crippen molar-refractivity contribution >= 4 is 5.69 Å². The number of hydrazine groups is 1. The molecule has 18 heavy (non-hydrogen) atoms. The zero-order valence-corrected chi connectivity index (χ0v) is 11.4. The maximum Gasteiger partial charge on any atom is 0.0564 e. The summed E-state index contributed by atoms with van der Waals surface area (Å²) < 4.78 is 0. The van der Waals surface area contributed by atoms with Crippen LogP contribution in [0.2, 0.25) is 0 Å². The first-order chi connectivity index (χ1) is 8.60. The van der Waals surface area contributed by atoms with E-state index in [0.717, 1.165) is 31.0 Å². The molecule has 2 unspecified atom stereocenters. The molecular weight excluding hydrogens is 226 g/mol. The van der Waals surface area contributed by atoms with Crippen molar-refractivity contribution in [1.82, 2.24) is 14.8 Å². The number of rotatable bonds is 4. The average Bonchev–Trinajstić information content (AvgIpc) is 2.70.